The quantitative estimate of drug-likeness (QED) is 0.289. The van der Waals surface area contributed by atoms with Crippen LogP contribution in [0.4, 0.5) is 36.8 Å². The van der Waals surface area contributed by atoms with Gasteiger partial charge in [0.15, 0.2) is 0 Å². The summed E-state index contributed by atoms with van der Waals surface area (Å²) in [7, 11) is 0. The number of hydrogen-bond acceptors (Lipinski definition) is 4. The highest BCUT2D eigenvalue weighted by atomic mass is 32.2. The number of carbonyl (C=O) groups excluding carboxylic acids is 2. The number of benzene rings is 2. The van der Waals surface area contributed by atoms with Crippen molar-refractivity contribution in [3.05, 3.63) is 64.3 Å². The molecule has 2 aromatic carbocycles. The highest BCUT2D eigenvalue weighted by Gasteiger charge is 2.46. The second-order valence-corrected chi connectivity index (χ2v) is 11.2. The maximum absolute atomic E-state index is 14.3. The zero-order valence-corrected chi connectivity index (χ0v) is 21.1. The first-order valence-corrected chi connectivity index (χ1v) is 12.1. The van der Waals surface area contributed by atoms with E-state index in [0.717, 1.165) is 24.3 Å². The lowest BCUT2D eigenvalue weighted by Crippen LogP contribution is -2.35. The van der Waals surface area contributed by atoms with Crippen molar-refractivity contribution in [2.75, 3.05) is 4.90 Å². The number of amides is 1. The predicted molar refractivity (Wildman–Crippen MR) is 128 cm³/mol. The predicted octanol–water partition coefficient (Wildman–Crippen LogP) is 8.19. The number of fused-ring (bicyclic) bond motifs is 1. The molecule has 0 radical (unpaired) electrons. The molecule has 37 heavy (non-hydrogen) atoms. The Morgan fingerprint density at radius 1 is 0.919 bits per heavy atom. The number of alkyl halides is 6. The SMILES string of the molecule is CC1(C)CCC(C)(C)c2cc(C(F)(F)F)c(N3C(=O)SC(=O)C3=Cc3cccc(OC(F)(F)F)c3)cc21. The summed E-state index contributed by atoms with van der Waals surface area (Å²) in [6.45, 7) is 7.55. The van der Waals surface area contributed by atoms with Crippen molar-refractivity contribution >= 4 is 33.9 Å². The number of anilines is 1. The second kappa shape index (κ2) is 8.82. The van der Waals surface area contributed by atoms with Crippen LogP contribution in [0, 0.1) is 0 Å². The van der Waals surface area contributed by atoms with Gasteiger partial charge in [-0.05, 0) is 70.7 Å². The summed E-state index contributed by atoms with van der Waals surface area (Å²) in [5.74, 6) is -0.577. The van der Waals surface area contributed by atoms with Crippen molar-refractivity contribution in [1.29, 1.82) is 0 Å². The summed E-state index contributed by atoms with van der Waals surface area (Å²) in [5.41, 5.74) is -1.78. The average molecular weight is 544 g/mol. The molecule has 0 aromatic heterocycles. The molecule has 0 spiro atoms. The van der Waals surface area contributed by atoms with Gasteiger partial charge in [-0.3, -0.25) is 14.5 Å². The lowest BCUT2D eigenvalue weighted by molar-refractivity contribution is -0.274. The fourth-order valence-corrected chi connectivity index (χ4v) is 5.39. The Morgan fingerprint density at radius 2 is 1.51 bits per heavy atom. The lowest BCUT2D eigenvalue weighted by Gasteiger charge is -2.43. The van der Waals surface area contributed by atoms with Crippen molar-refractivity contribution in [2.45, 2.75) is 63.9 Å². The highest BCUT2D eigenvalue weighted by molar-refractivity contribution is 8.27. The maximum atomic E-state index is 14.3. The van der Waals surface area contributed by atoms with Gasteiger partial charge >= 0.3 is 12.5 Å². The zero-order chi connectivity index (χ0) is 27.6. The van der Waals surface area contributed by atoms with Crippen LogP contribution in [-0.4, -0.2) is 16.7 Å². The molecule has 1 amide bonds. The van der Waals surface area contributed by atoms with Crippen LogP contribution in [0.15, 0.2) is 42.1 Å². The van der Waals surface area contributed by atoms with Gasteiger partial charge in [0.25, 0.3) is 5.24 Å². The van der Waals surface area contributed by atoms with Crippen LogP contribution in [0.25, 0.3) is 6.08 Å². The minimum absolute atomic E-state index is 0.0402. The van der Waals surface area contributed by atoms with Gasteiger partial charge < -0.3 is 4.74 Å². The third-order valence-electron chi connectivity index (χ3n) is 6.72. The van der Waals surface area contributed by atoms with Gasteiger partial charge in [0.2, 0.25) is 5.12 Å². The number of rotatable bonds is 3. The van der Waals surface area contributed by atoms with Crippen LogP contribution in [-0.2, 0) is 21.8 Å². The van der Waals surface area contributed by atoms with Crippen LogP contribution >= 0.6 is 11.8 Å². The van der Waals surface area contributed by atoms with E-state index >= 15 is 0 Å². The van der Waals surface area contributed by atoms with Gasteiger partial charge in [-0.15, -0.1) is 13.2 Å². The lowest BCUT2D eigenvalue weighted by atomic mass is 9.62. The molecule has 1 aliphatic heterocycles. The minimum atomic E-state index is -4.96. The van der Waals surface area contributed by atoms with E-state index in [1.54, 1.807) is 0 Å². The van der Waals surface area contributed by atoms with E-state index in [-0.39, 0.29) is 17.3 Å². The Kier molecular flexibility index (Phi) is 6.46. The molecule has 11 heteroatoms. The van der Waals surface area contributed by atoms with E-state index in [1.807, 2.05) is 27.7 Å². The molecule has 0 unspecified atom stereocenters. The number of ether oxygens (including phenoxy) is 1. The Bertz CT molecular complexity index is 1310. The Hall–Kier alpha value is -2.95. The van der Waals surface area contributed by atoms with Gasteiger partial charge in [0.1, 0.15) is 11.4 Å². The Balaban J connectivity index is 1.91. The van der Waals surface area contributed by atoms with Gasteiger partial charge in [-0.2, -0.15) is 13.2 Å². The van der Waals surface area contributed by atoms with Gasteiger partial charge in [-0.25, -0.2) is 0 Å². The first-order valence-electron chi connectivity index (χ1n) is 11.3. The van der Waals surface area contributed by atoms with E-state index in [9.17, 15) is 35.9 Å². The average Bonchev–Trinajstić information content (AvgIpc) is 3.02. The van der Waals surface area contributed by atoms with E-state index < -0.39 is 56.4 Å². The van der Waals surface area contributed by atoms with E-state index in [2.05, 4.69) is 4.74 Å². The van der Waals surface area contributed by atoms with Crippen LogP contribution in [0.1, 0.15) is 62.8 Å². The summed E-state index contributed by atoms with van der Waals surface area (Å²) in [6, 6.07) is 6.98. The van der Waals surface area contributed by atoms with Gasteiger partial charge in [0, 0.05) is 11.8 Å². The molecule has 1 fully saturated rings. The van der Waals surface area contributed by atoms with Crippen LogP contribution in [0.3, 0.4) is 0 Å². The van der Waals surface area contributed by atoms with Gasteiger partial charge in [0.05, 0.1) is 11.3 Å². The molecular formula is C26H23F6NO3S. The van der Waals surface area contributed by atoms with Crippen molar-refractivity contribution < 1.29 is 40.7 Å². The molecule has 1 heterocycles. The summed E-state index contributed by atoms with van der Waals surface area (Å²) in [6.07, 6.45) is -7.35. The second-order valence-electron chi connectivity index (χ2n) is 10.3. The molecule has 0 atom stereocenters. The molecule has 2 aliphatic rings. The molecular weight excluding hydrogens is 520 g/mol. The van der Waals surface area contributed by atoms with E-state index in [1.165, 1.54) is 18.2 Å². The topological polar surface area (TPSA) is 46.6 Å². The molecule has 0 N–H and O–H groups in total. The fraction of sp³-hybridized carbons (Fsp3) is 0.385. The third kappa shape index (κ3) is 5.37. The van der Waals surface area contributed by atoms with E-state index in [0.29, 0.717) is 28.9 Å². The number of thioether (sulfide) groups is 1. The zero-order valence-electron chi connectivity index (χ0n) is 20.3. The maximum Gasteiger partial charge on any atom is 0.573 e. The van der Waals surface area contributed by atoms with Crippen LogP contribution < -0.4 is 9.64 Å². The highest BCUT2D eigenvalue weighted by Crippen LogP contribution is 2.51. The fourth-order valence-electron chi connectivity index (χ4n) is 4.69. The largest absolute Gasteiger partial charge is 0.573 e. The minimum Gasteiger partial charge on any atom is -0.406 e. The Labute approximate surface area is 213 Å². The van der Waals surface area contributed by atoms with Crippen molar-refractivity contribution in [3.63, 3.8) is 0 Å². The van der Waals surface area contributed by atoms with Crippen molar-refractivity contribution in [2.24, 2.45) is 0 Å². The molecule has 198 valence electrons. The standard InChI is InChI=1S/C26H23F6NO3S/c1-23(2)8-9-24(3,4)17-13-19(18(12-16(17)23)25(27,28)29)33-20(21(34)37-22(33)35)11-14-6-5-7-15(10-14)36-26(30,31)32/h5-7,10-13H,8-9H2,1-4H3. The molecule has 4 nitrogen and oxygen atoms in total. The van der Waals surface area contributed by atoms with Crippen LogP contribution in [0.2, 0.25) is 0 Å². The summed E-state index contributed by atoms with van der Waals surface area (Å²) < 4.78 is 84.8. The van der Waals surface area contributed by atoms with Crippen molar-refractivity contribution in [1.82, 2.24) is 0 Å². The first kappa shape index (κ1) is 27.1. The van der Waals surface area contributed by atoms with E-state index in [4.69, 9.17) is 0 Å². The molecule has 4 rings (SSSR count). The number of carbonyl (C=O) groups is 2. The molecule has 0 saturated carbocycles. The molecule has 1 aliphatic carbocycles. The van der Waals surface area contributed by atoms with Crippen LogP contribution in [0.5, 0.6) is 5.75 Å². The smallest absolute Gasteiger partial charge is 0.406 e. The first-order chi connectivity index (χ1) is 16.9. The summed E-state index contributed by atoms with van der Waals surface area (Å²) in [5, 5.41) is -1.75. The number of hydrogen-bond donors (Lipinski definition) is 0. The van der Waals surface area contributed by atoms with Gasteiger partial charge in [-0.1, -0.05) is 39.8 Å². The molecule has 1 saturated heterocycles. The molecule has 2 aromatic rings. The monoisotopic (exact) mass is 543 g/mol. The normalized spacial score (nSPS) is 20.4. The van der Waals surface area contributed by atoms with Crippen molar-refractivity contribution in [3.8, 4) is 5.75 Å². The Morgan fingerprint density at radius 3 is 2.08 bits per heavy atom. The number of nitrogens with zero attached hydrogens (tertiary/aromatic N) is 1. The molecule has 0 bridgehead atoms. The summed E-state index contributed by atoms with van der Waals surface area (Å²) >= 11 is 0.223. The number of halogens is 6. The third-order valence-corrected chi connectivity index (χ3v) is 7.47. The summed E-state index contributed by atoms with van der Waals surface area (Å²) in [4.78, 5) is 26.3.